The predicted molar refractivity (Wildman–Crippen MR) is 160 cm³/mol. The number of fused-ring (bicyclic) bond motifs is 1. The molecule has 1 N–H and O–H groups in total. The van der Waals surface area contributed by atoms with E-state index in [4.69, 9.17) is 9.47 Å². The van der Waals surface area contributed by atoms with Gasteiger partial charge in [0.1, 0.15) is 5.78 Å². The molecule has 1 fully saturated rings. The Kier molecular flexibility index (Phi) is 7.45. The number of rotatable bonds is 9. The molecule has 6 rings (SSSR count). The summed E-state index contributed by atoms with van der Waals surface area (Å²) in [6.07, 6.45) is 1.98. The van der Waals surface area contributed by atoms with Crippen molar-refractivity contribution in [2.24, 2.45) is 5.41 Å². The SMILES string of the molecule is COC(=O)C1=C2Nc3ccccc3C23CCN(Cc2ccccc2)[C@H]3[C@@](CCCOC(=O)c2ccccc2)(C(C)=O)C1. The second kappa shape index (κ2) is 11.2. The molecule has 2 heterocycles. The van der Waals surface area contributed by atoms with Gasteiger partial charge in [-0.2, -0.15) is 0 Å². The van der Waals surface area contributed by atoms with E-state index in [1.54, 1.807) is 31.2 Å². The third-order valence-corrected chi connectivity index (χ3v) is 9.43. The zero-order chi connectivity index (χ0) is 29.3. The number of hydrogen-bond donors (Lipinski definition) is 1. The highest BCUT2D eigenvalue weighted by atomic mass is 16.5. The Balaban J connectivity index is 1.41. The first-order valence-corrected chi connectivity index (χ1v) is 14.6. The van der Waals surface area contributed by atoms with Gasteiger partial charge in [-0.25, -0.2) is 9.59 Å². The maximum absolute atomic E-state index is 14.0. The minimum atomic E-state index is -0.892. The molecule has 0 saturated carbocycles. The summed E-state index contributed by atoms with van der Waals surface area (Å²) in [5, 5.41) is 3.60. The van der Waals surface area contributed by atoms with E-state index >= 15 is 0 Å². The Morgan fingerprint density at radius 3 is 2.33 bits per heavy atom. The van der Waals surface area contributed by atoms with Crippen molar-refractivity contribution in [2.75, 3.05) is 25.6 Å². The van der Waals surface area contributed by atoms with Gasteiger partial charge in [0, 0.05) is 35.9 Å². The van der Waals surface area contributed by atoms with Gasteiger partial charge in [-0.15, -0.1) is 0 Å². The third kappa shape index (κ3) is 4.52. The molecule has 1 aliphatic carbocycles. The van der Waals surface area contributed by atoms with Crippen molar-refractivity contribution in [2.45, 2.75) is 50.6 Å². The first-order valence-electron chi connectivity index (χ1n) is 14.6. The molecule has 3 atom stereocenters. The Hall–Kier alpha value is -4.23. The van der Waals surface area contributed by atoms with E-state index in [9.17, 15) is 14.4 Å². The van der Waals surface area contributed by atoms with Crippen LogP contribution < -0.4 is 5.32 Å². The zero-order valence-corrected chi connectivity index (χ0v) is 24.1. The molecule has 0 amide bonds. The summed E-state index contributed by atoms with van der Waals surface area (Å²) in [6, 6.07) is 27.2. The molecule has 0 bridgehead atoms. The number of hydrogen-bond acceptors (Lipinski definition) is 7. The van der Waals surface area contributed by atoms with Crippen molar-refractivity contribution in [1.29, 1.82) is 0 Å². The van der Waals surface area contributed by atoms with Crippen molar-refractivity contribution in [3.05, 3.63) is 113 Å². The van der Waals surface area contributed by atoms with Crippen molar-refractivity contribution in [3.8, 4) is 0 Å². The van der Waals surface area contributed by atoms with Gasteiger partial charge >= 0.3 is 11.9 Å². The lowest BCUT2D eigenvalue weighted by Crippen LogP contribution is -2.60. The topological polar surface area (TPSA) is 84.9 Å². The summed E-state index contributed by atoms with van der Waals surface area (Å²) in [5.41, 5.74) is 3.68. The average molecular weight is 565 g/mol. The van der Waals surface area contributed by atoms with Crippen LogP contribution in [0.3, 0.4) is 0 Å². The van der Waals surface area contributed by atoms with Crippen LogP contribution in [-0.2, 0) is 31.0 Å². The van der Waals surface area contributed by atoms with Crippen LogP contribution in [0.4, 0.5) is 5.69 Å². The van der Waals surface area contributed by atoms with Crippen molar-refractivity contribution < 1.29 is 23.9 Å². The summed E-state index contributed by atoms with van der Waals surface area (Å²) in [6.45, 7) is 3.29. The van der Waals surface area contributed by atoms with Gasteiger partial charge in [-0.05, 0) is 61.9 Å². The molecule has 216 valence electrons. The molecule has 2 aliphatic heterocycles. The fraction of sp³-hybridized carbons (Fsp3) is 0.343. The predicted octanol–water partition coefficient (Wildman–Crippen LogP) is 5.67. The van der Waals surface area contributed by atoms with E-state index in [0.29, 0.717) is 30.5 Å². The molecule has 1 unspecified atom stereocenters. The zero-order valence-electron chi connectivity index (χ0n) is 24.1. The molecular formula is C35H36N2O5. The van der Waals surface area contributed by atoms with Gasteiger partial charge in [0.05, 0.1) is 30.3 Å². The van der Waals surface area contributed by atoms with E-state index in [2.05, 4.69) is 28.4 Å². The second-order valence-corrected chi connectivity index (χ2v) is 11.6. The van der Waals surface area contributed by atoms with Crippen LogP contribution in [0.25, 0.3) is 0 Å². The van der Waals surface area contributed by atoms with Crippen molar-refractivity contribution in [1.82, 2.24) is 4.90 Å². The summed E-state index contributed by atoms with van der Waals surface area (Å²) in [5.74, 6) is -0.762. The standard InChI is InChI=1S/C35H36N2O5/c1-24(38)34(18-11-21-42-31(39)26-14-7-4-8-15-26)22-27(32(40)41-2)30-35(28-16-9-10-17-29(28)36-30)19-20-37(33(34)35)23-25-12-5-3-6-13-25/h3-10,12-17,33,36H,11,18-23H2,1-2H3/t33-,34+,35?/m0/s1. The molecule has 1 saturated heterocycles. The normalized spacial score (nSPS) is 24.3. The number of ketones is 1. The summed E-state index contributed by atoms with van der Waals surface area (Å²) in [7, 11) is 1.39. The fourth-order valence-corrected chi connectivity index (χ4v) is 7.68. The van der Waals surface area contributed by atoms with Crippen LogP contribution in [0.5, 0.6) is 0 Å². The number of carbonyl (C=O) groups is 3. The lowest BCUT2D eigenvalue weighted by molar-refractivity contribution is -0.139. The van der Waals surface area contributed by atoms with E-state index in [1.165, 1.54) is 12.7 Å². The molecule has 3 aromatic carbocycles. The van der Waals surface area contributed by atoms with Gasteiger partial charge in [0.2, 0.25) is 0 Å². The van der Waals surface area contributed by atoms with Crippen LogP contribution >= 0.6 is 0 Å². The minimum absolute atomic E-state index is 0.0334. The van der Waals surface area contributed by atoms with E-state index in [1.807, 2.05) is 42.5 Å². The quantitative estimate of drug-likeness (QED) is 0.265. The lowest BCUT2D eigenvalue weighted by Gasteiger charge is -2.52. The highest BCUT2D eigenvalue weighted by Gasteiger charge is 2.67. The van der Waals surface area contributed by atoms with Crippen LogP contribution in [-0.4, -0.2) is 48.9 Å². The van der Waals surface area contributed by atoms with Crippen LogP contribution in [0.15, 0.2) is 96.2 Å². The van der Waals surface area contributed by atoms with Gasteiger partial charge in [-0.3, -0.25) is 9.69 Å². The Bertz CT molecular complexity index is 1540. The second-order valence-electron chi connectivity index (χ2n) is 11.6. The number of ether oxygens (including phenoxy) is 2. The first kappa shape index (κ1) is 27.9. The third-order valence-electron chi connectivity index (χ3n) is 9.43. The Morgan fingerprint density at radius 2 is 1.62 bits per heavy atom. The first-order chi connectivity index (χ1) is 20.4. The number of likely N-dealkylation sites (tertiary alicyclic amines) is 1. The maximum atomic E-state index is 14.0. The van der Waals surface area contributed by atoms with Crippen molar-refractivity contribution in [3.63, 3.8) is 0 Å². The molecule has 1 spiro atoms. The molecular weight excluding hydrogens is 528 g/mol. The summed E-state index contributed by atoms with van der Waals surface area (Å²) >= 11 is 0. The molecule has 7 heteroatoms. The maximum Gasteiger partial charge on any atom is 0.338 e. The number of anilines is 1. The number of para-hydroxylation sites is 1. The number of nitrogens with one attached hydrogen (secondary N) is 1. The highest BCUT2D eigenvalue weighted by molar-refractivity contribution is 5.96. The minimum Gasteiger partial charge on any atom is -0.466 e. The lowest BCUT2D eigenvalue weighted by atomic mass is 9.54. The Labute approximate surface area is 246 Å². The van der Waals surface area contributed by atoms with Crippen LogP contribution in [0, 0.1) is 5.41 Å². The van der Waals surface area contributed by atoms with Crippen LogP contribution in [0.1, 0.15) is 54.1 Å². The van der Waals surface area contributed by atoms with E-state index < -0.39 is 16.8 Å². The molecule has 0 aromatic heterocycles. The van der Waals surface area contributed by atoms with E-state index in [0.717, 1.165) is 29.9 Å². The van der Waals surface area contributed by atoms with Gasteiger partial charge < -0.3 is 14.8 Å². The smallest absolute Gasteiger partial charge is 0.338 e. The molecule has 3 aliphatic rings. The number of esters is 2. The van der Waals surface area contributed by atoms with Gasteiger partial charge in [0.25, 0.3) is 0 Å². The fourth-order valence-electron chi connectivity index (χ4n) is 7.68. The molecule has 7 nitrogen and oxygen atoms in total. The number of methoxy groups -OCH3 is 1. The monoisotopic (exact) mass is 564 g/mol. The summed E-state index contributed by atoms with van der Waals surface area (Å²) < 4.78 is 10.9. The Morgan fingerprint density at radius 1 is 0.929 bits per heavy atom. The molecule has 3 aromatic rings. The summed E-state index contributed by atoms with van der Waals surface area (Å²) in [4.78, 5) is 42.5. The largest absolute Gasteiger partial charge is 0.466 e. The number of Topliss-reactive ketones (excluding diaryl/α,β-unsaturated/α-hetero) is 1. The molecule has 42 heavy (non-hydrogen) atoms. The molecule has 0 radical (unpaired) electrons. The highest BCUT2D eigenvalue weighted by Crippen LogP contribution is 2.63. The number of nitrogens with zero attached hydrogens (tertiary/aromatic N) is 1. The van der Waals surface area contributed by atoms with Crippen molar-refractivity contribution >= 4 is 23.4 Å². The van der Waals surface area contributed by atoms with Gasteiger partial charge in [0.15, 0.2) is 0 Å². The van der Waals surface area contributed by atoms with Crippen LogP contribution in [0.2, 0.25) is 0 Å². The number of benzene rings is 3. The van der Waals surface area contributed by atoms with E-state index in [-0.39, 0.29) is 30.8 Å². The van der Waals surface area contributed by atoms with Gasteiger partial charge in [-0.1, -0.05) is 66.7 Å². The average Bonchev–Trinajstić information content (AvgIpc) is 3.57. The number of carbonyl (C=O) groups excluding carboxylic acids is 3.